The summed E-state index contributed by atoms with van der Waals surface area (Å²) in [5.41, 5.74) is 1.01. The van der Waals surface area contributed by atoms with Gasteiger partial charge in [0.15, 0.2) is 5.96 Å². The van der Waals surface area contributed by atoms with Crippen molar-refractivity contribution in [1.82, 2.24) is 10.6 Å². The van der Waals surface area contributed by atoms with Gasteiger partial charge in [0.2, 0.25) is 0 Å². The average Bonchev–Trinajstić information content (AvgIpc) is 3.02. The van der Waals surface area contributed by atoms with E-state index in [0.29, 0.717) is 12.6 Å². The highest BCUT2D eigenvalue weighted by molar-refractivity contribution is 14.0. The molecule has 2 rings (SSSR count). The number of guanidine groups is 1. The third-order valence-electron chi connectivity index (χ3n) is 3.11. The maximum absolute atomic E-state index is 9.39. The molecule has 106 valence electrons. The molecule has 2 unspecified atom stereocenters. The molecule has 0 radical (unpaired) electrons. The number of rotatable bonds is 4. The van der Waals surface area contributed by atoms with E-state index in [9.17, 15) is 5.11 Å². The van der Waals surface area contributed by atoms with E-state index >= 15 is 0 Å². The highest BCUT2D eigenvalue weighted by Gasteiger charge is 2.33. The van der Waals surface area contributed by atoms with Gasteiger partial charge >= 0.3 is 0 Å². The topological polar surface area (TPSA) is 56.7 Å². The van der Waals surface area contributed by atoms with Crippen LogP contribution in [0.15, 0.2) is 29.3 Å². The van der Waals surface area contributed by atoms with Gasteiger partial charge in [-0.25, -0.2) is 4.99 Å². The second-order valence-corrected chi connectivity index (χ2v) is 4.83. The normalized spacial score (nSPS) is 21.5. The maximum atomic E-state index is 9.39. The Kier molecular flexibility index (Phi) is 6.41. The Labute approximate surface area is 131 Å². The molecule has 0 bridgehead atoms. The first-order chi connectivity index (χ1) is 8.69. The minimum Gasteiger partial charge on any atom is -0.508 e. The third kappa shape index (κ3) is 5.26. The van der Waals surface area contributed by atoms with Crippen LogP contribution in [0.5, 0.6) is 5.75 Å². The van der Waals surface area contributed by atoms with Crippen LogP contribution in [0.3, 0.4) is 0 Å². The van der Waals surface area contributed by atoms with Crippen molar-refractivity contribution in [2.45, 2.75) is 32.9 Å². The van der Waals surface area contributed by atoms with Crippen molar-refractivity contribution < 1.29 is 5.11 Å². The quantitative estimate of drug-likeness (QED) is 0.431. The van der Waals surface area contributed by atoms with Crippen molar-refractivity contribution >= 4 is 29.9 Å². The van der Waals surface area contributed by atoms with E-state index in [1.807, 2.05) is 12.1 Å². The zero-order valence-electron chi connectivity index (χ0n) is 11.4. The number of hydrogen-bond donors (Lipinski definition) is 3. The molecule has 0 spiro atoms. The zero-order valence-corrected chi connectivity index (χ0v) is 13.7. The number of aliphatic imine (C=N–C) groups is 1. The van der Waals surface area contributed by atoms with Crippen LogP contribution in [0.4, 0.5) is 0 Å². The van der Waals surface area contributed by atoms with E-state index < -0.39 is 0 Å². The predicted molar refractivity (Wildman–Crippen MR) is 89.0 cm³/mol. The van der Waals surface area contributed by atoms with Crippen LogP contribution >= 0.6 is 24.0 Å². The van der Waals surface area contributed by atoms with Gasteiger partial charge in [0.1, 0.15) is 5.75 Å². The summed E-state index contributed by atoms with van der Waals surface area (Å²) in [7, 11) is 0. The summed E-state index contributed by atoms with van der Waals surface area (Å²) in [4.78, 5) is 4.52. The smallest absolute Gasteiger partial charge is 0.191 e. The van der Waals surface area contributed by atoms with E-state index in [1.165, 1.54) is 6.42 Å². The van der Waals surface area contributed by atoms with Gasteiger partial charge < -0.3 is 15.7 Å². The minimum atomic E-state index is 0. The zero-order chi connectivity index (χ0) is 13.0. The Morgan fingerprint density at radius 2 is 2.21 bits per heavy atom. The van der Waals surface area contributed by atoms with Gasteiger partial charge in [-0.05, 0) is 37.0 Å². The molecule has 2 atom stereocenters. The lowest BCUT2D eigenvalue weighted by Gasteiger charge is -2.10. The molecule has 0 aromatic heterocycles. The lowest BCUT2D eigenvalue weighted by molar-refractivity contribution is 0.474. The lowest BCUT2D eigenvalue weighted by Crippen LogP contribution is -2.39. The average molecular weight is 375 g/mol. The predicted octanol–water partition coefficient (Wildman–Crippen LogP) is 2.47. The second-order valence-electron chi connectivity index (χ2n) is 4.83. The van der Waals surface area contributed by atoms with Crippen LogP contribution in [0.2, 0.25) is 0 Å². The van der Waals surface area contributed by atoms with E-state index in [1.54, 1.807) is 12.1 Å². The van der Waals surface area contributed by atoms with Gasteiger partial charge in [0.25, 0.3) is 0 Å². The Morgan fingerprint density at radius 3 is 2.79 bits per heavy atom. The van der Waals surface area contributed by atoms with Gasteiger partial charge in [0, 0.05) is 12.6 Å². The molecule has 4 nitrogen and oxygen atoms in total. The third-order valence-corrected chi connectivity index (χ3v) is 3.11. The van der Waals surface area contributed by atoms with Gasteiger partial charge in [0.05, 0.1) is 6.54 Å². The van der Waals surface area contributed by atoms with Crippen molar-refractivity contribution in [1.29, 1.82) is 0 Å². The molecule has 1 saturated carbocycles. The molecule has 1 aliphatic carbocycles. The summed E-state index contributed by atoms with van der Waals surface area (Å²) in [5.74, 6) is 1.89. The number of aromatic hydroxyl groups is 1. The molecule has 0 heterocycles. The minimum absolute atomic E-state index is 0. The number of nitrogens with one attached hydrogen (secondary N) is 2. The highest BCUT2D eigenvalue weighted by Crippen LogP contribution is 2.28. The standard InChI is InChI=1S/C14H21N3O.HI/c1-3-15-14(17-13-7-10(13)2)16-9-11-5-4-6-12(18)8-11;/h4-6,8,10,13,18H,3,7,9H2,1-2H3,(H2,15,16,17);1H. The van der Waals surface area contributed by atoms with Crippen molar-refractivity contribution in [2.24, 2.45) is 10.9 Å². The number of halogens is 1. The Hall–Kier alpha value is -0.980. The van der Waals surface area contributed by atoms with Crippen LogP contribution in [0, 0.1) is 5.92 Å². The highest BCUT2D eigenvalue weighted by atomic mass is 127. The van der Waals surface area contributed by atoms with Crippen molar-refractivity contribution in [3.8, 4) is 5.75 Å². The molecule has 1 fully saturated rings. The molecule has 0 amide bonds. The van der Waals surface area contributed by atoms with E-state index in [4.69, 9.17) is 0 Å². The summed E-state index contributed by atoms with van der Waals surface area (Å²) >= 11 is 0. The Balaban J connectivity index is 0.00000180. The van der Waals surface area contributed by atoms with Crippen LogP contribution in [0.1, 0.15) is 25.8 Å². The summed E-state index contributed by atoms with van der Waals surface area (Å²) < 4.78 is 0. The molecular weight excluding hydrogens is 353 g/mol. The number of benzene rings is 1. The largest absolute Gasteiger partial charge is 0.508 e. The Bertz CT molecular complexity index is 436. The first-order valence-corrected chi connectivity index (χ1v) is 6.51. The van der Waals surface area contributed by atoms with Crippen molar-refractivity contribution in [3.05, 3.63) is 29.8 Å². The molecule has 0 aliphatic heterocycles. The summed E-state index contributed by atoms with van der Waals surface area (Å²) in [5, 5.41) is 16.0. The van der Waals surface area contributed by atoms with Gasteiger partial charge in [-0.1, -0.05) is 19.1 Å². The fourth-order valence-corrected chi connectivity index (χ4v) is 1.84. The molecular formula is C14H22IN3O. The molecule has 5 heteroatoms. The van der Waals surface area contributed by atoms with Crippen molar-refractivity contribution in [2.75, 3.05) is 6.54 Å². The fraction of sp³-hybridized carbons (Fsp3) is 0.500. The maximum Gasteiger partial charge on any atom is 0.191 e. The molecule has 1 aromatic rings. The summed E-state index contributed by atoms with van der Waals surface area (Å²) in [6, 6.07) is 7.78. The van der Waals surface area contributed by atoms with Crippen LogP contribution in [0.25, 0.3) is 0 Å². The van der Waals surface area contributed by atoms with Crippen molar-refractivity contribution in [3.63, 3.8) is 0 Å². The molecule has 1 aromatic carbocycles. The first kappa shape index (κ1) is 16.1. The van der Waals surface area contributed by atoms with Gasteiger partial charge in [-0.3, -0.25) is 0 Å². The van der Waals surface area contributed by atoms with E-state index in [0.717, 1.165) is 24.0 Å². The number of nitrogens with zero attached hydrogens (tertiary/aromatic N) is 1. The van der Waals surface area contributed by atoms with Gasteiger partial charge in [-0.15, -0.1) is 24.0 Å². The van der Waals surface area contributed by atoms with E-state index in [-0.39, 0.29) is 29.7 Å². The summed E-state index contributed by atoms with van der Waals surface area (Å²) in [6.07, 6.45) is 1.22. The first-order valence-electron chi connectivity index (χ1n) is 6.51. The molecule has 0 saturated heterocycles. The SMILES string of the molecule is CCNC(=NCc1cccc(O)c1)NC1CC1C.I. The Morgan fingerprint density at radius 1 is 1.47 bits per heavy atom. The molecule has 1 aliphatic rings. The monoisotopic (exact) mass is 375 g/mol. The fourth-order valence-electron chi connectivity index (χ4n) is 1.84. The van der Waals surface area contributed by atoms with Crippen LogP contribution in [-0.2, 0) is 6.54 Å². The number of phenolic OH excluding ortho intramolecular Hbond substituents is 1. The van der Waals surface area contributed by atoms with Gasteiger partial charge in [-0.2, -0.15) is 0 Å². The molecule has 19 heavy (non-hydrogen) atoms. The number of hydrogen-bond acceptors (Lipinski definition) is 2. The van der Waals surface area contributed by atoms with Crippen LogP contribution in [-0.4, -0.2) is 23.7 Å². The second kappa shape index (κ2) is 7.57. The summed E-state index contributed by atoms with van der Waals surface area (Å²) in [6.45, 7) is 5.72. The van der Waals surface area contributed by atoms with E-state index in [2.05, 4.69) is 29.5 Å². The molecule has 3 N–H and O–H groups in total. The number of phenols is 1. The van der Waals surface area contributed by atoms with Crippen LogP contribution < -0.4 is 10.6 Å². The lowest BCUT2D eigenvalue weighted by atomic mass is 10.2.